The third-order valence-electron chi connectivity index (χ3n) is 5.59. The summed E-state index contributed by atoms with van der Waals surface area (Å²) in [6.45, 7) is 3.34. The van der Waals surface area contributed by atoms with Crippen LogP contribution >= 0.6 is 0 Å². The van der Waals surface area contributed by atoms with Crippen LogP contribution < -0.4 is 14.8 Å². The van der Waals surface area contributed by atoms with Crippen molar-refractivity contribution in [3.63, 3.8) is 0 Å². The fraction of sp³-hybridized carbons (Fsp3) is 0.143. The number of furan rings is 1. The van der Waals surface area contributed by atoms with Gasteiger partial charge in [0.05, 0.1) is 20.5 Å². The molecule has 172 valence electrons. The zero-order valence-corrected chi connectivity index (χ0v) is 19.5. The second kappa shape index (κ2) is 9.67. The van der Waals surface area contributed by atoms with Crippen molar-refractivity contribution in [1.82, 2.24) is 0 Å². The molecule has 0 radical (unpaired) electrons. The first-order valence-electron chi connectivity index (χ1n) is 10.7. The Morgan fingerprint density at radius 1 is 0.941 bits per heavy atom. The Balaban J connectivity index is 1.69. The predicted molar refractivity (Wildman–Crippen MR) is 133 cm³/mol. The monoisotopic (exact) mass is 455 g/mol. The van der Waals surface area contributed by atoms with Gasteiger partial charge in [-0.15, -0.1) is 0 Å². The van der Waals surface area contributed by atoms with Gasteiger partial charge in [-0.05, 0) is 55.3 Å². The molecule has 0 saturated carbocycles. The number of carbonyl (C=O) groups is 2. The minimum absolute atomic E-state index is 0.0622. The van der Waals surface area contributed by atoms with E-state index in [-0.39, 0.29) is 11.7 Å². The molecule has 4 aromatic rings. The number of hydrogen-bond acceptors (Lipinski definition) is 5. The number of hydrogen-bond donors (Lipinski definition) is 1. The zero-order valence-electron chi connectivity index (χ0n) is 19.5. The van der Waals surface area contributed by atoms with Crippen LogP contribution in [0, 0.1) is 0 Å². The van der Waals surface area contributed by atoms with E-state index in [1.807, 2.05) is 43.3 Å². The van der Waals surface area contributed by atoms with Crippen molar-refractivity contribution in [3.8, 4) is 22.6 Å². The molecule has 0 spiro atoms. The number of ether oxygens (including phenoxy) is 2. The van der Waals surface area contributed by atoms with Gasteiger partial charge >= 0.3 is 0 Å². The van der Waals surface area contributed by atoms with Crippen LogP contribution in [0.2, 0.25) is 0 Å². The fourth-order valence-electron chi connectivity index (χ4n) is 3.81. The predicted octanol–water partition coefficient (Wildman–Crippen LogP) is 6.36. The lowest BCUT2D eigenvalue weighted by Gasteiger charge is -2.11. The number of carbonyl (C=O) groups excluding carboxylic acids is 2. The van der Waals surface area contributed by atoms with Gasteiger partial charge in [-0.3, -0.25) is 9.59 Å². The van der Waals surface area contributed by atoms with E-state index in [0.29, 0.717) is 22.6 Å². The smallest absolute Gasteiger partial charge is 0.248 e. The maximum Gasteiger partial charge on any atom is 0.248 e. The minimum atomic E-state index is -0.305. The lowest BCUT2D eigenvalue weighted by atomic mass is 9.99. The van der Waals surface area contributed by atoms with Gasteiger partial charge in [-0.25, -0.2) is 0 Å². The zero-order chi connectivity index (χ0) is 24.2. The summed E-state index contributed by atoms with van der Waals surface area (Å²) in [6.07, 6.45) is 3.21. The molecule has 6 nitrogen and oxygen atoms in total. The third kappa shape index (κ3) is 4.71. The Morgan fingerprint density at radius 3 is 2.47 bits per heavy atom. The van der Waals surface area contributed by atoms with E-state index in [4.69, 9.17) is 13.9 Å². The van der Waals surface area contributed by atoms with Gasteiger partial charge in [0.2, 0.25) is 5.91 Å². The summed E-state index contributed by atoms with van der Waals surface area (Å²) >= 11 is 0. The normalized spacial score (nSPS) is 11.4. The van der Waals surface area contributed by atoms with Crippen molar-refractivity contribution in [2.24, 2.45) is 0 Å². The Kier molecular flexibility index (Phi) is 6.50. The van der Waals surface area contributed by atoms with Crippen molar-refractivity contribution in [2.45, 2.75) is 13.8 Å². The molecule has 34 heavy (non-hydrogen) atoms. The molecule has 1 amide bonds. The highest BCUT2D eigenvalue weighted by atomic mass is 16.5. The van der Waals surface area contributed by atoms with Gasteiger partial charge in [0.25, 0.3) is 0 Å². The molecule has 0 aliphatic rings. The van der Waals surface area contributed by atoms with Crippen LogP contribution in [0.1, 0.15) is 29.8 Å². The number of amides is 1. The second-order valence-corrected chi connectivity index (χ2v) is 7.88. The molecule has 1 aromatic heterocycles. The maximum atomic E-state index is 12.7. The van der Waals surface area contributed by atoms with Crippen molar-refractivity contribution in [3.05, 3.63) is 84.1 Å². The second-order valence-electron chi connectivity index (χ2n) is 7.88. The Hall–Kier alpha value is -4.32. The number of allylic oxidation sites excluding steroid dienone is 1. The highest BCUT2D eigenvalue weighted by Crippen LogP contribution is 2.38. The molecule has 0 unspecified atom stereocenters. The largest absolute Gasteiger partial charge is 0.497 e. The van der Waals surface area contributed by atoms with E-state index in [2.05, 4.69) is 5.32 Å². The molecule has 6 heteroatoms. The lowest BCUT2D eigenvalue weighted by Crippen LogP contribution is -2.09. The number of fused-ring (bicyclic) bond motifs is 1. The minimum Gasteiger partial charge on any atom is -0.497 e. The Labute approximate surface area is 197 Å². The summed E-state index contributed by atoms with van der Waals surface area (Å²) in [5.74, 6) is 0.981. The van der Waals surface area contributed by atoms with Crippen molar-refractivity contribution >= 4 is 33.9 Å². The average molecular weight is 456 g/mol. The molecule has 0 aliphatic carbocycles. The van der Waals surface area contributed by atoms with Gasteiger partial charge in [-0.2, -0.15) is 0 Å². The third-order valence-corrected chi connectivity index (χ3v) is 5.59. The number of benzene rings is 3. The molecule has 3 aromatic carbocycles. The van der Waals surface area contributed by atoms with Crippen molar-refractivity contribution in [1.29, 1.82) is 0 Å². The summed E-state index contributed by atoms with van der Waals surface area (Å²) in [5, 5.41) is 3.71. The summed E-state index contributed by atoms with van der Waals surface area (Å²) in [5.41, 5.74) is 5.13. The lowest BCUT2D eigenvalue weighted by molar-refractivity contribution is -0.111. The van der Waals surface area contributed by atoms with E-state index in [0.717, 1.165) is 33.4 Å². The molecular weight excluding hydrogens is 430 g/mol. The van der Waals surface area contributed by atoms with E-state index in [1.54, 1.807) is 44.7 Å². The molecule has 0 aliphatic heterocycles. The SMILES string of the molecule is COc1cccc(-c2coc3cc(OC)c(/C(C)=C/C(=O)Nc4cccc(C(C)=O)c4)cc23)c1. The first-order chi connectivity index (χ1) is 16.4. The van der Waals surface area contributed by atoms with Crippen LogP contribution in [0.5, 0.6) is 11.5 Å². The highest BCUT2D eigenvalue weighted by Gasteiger charge is 2.15. The highest BCUT2D eigenvalue weighted by molar-refractivity contribution is 6.06. The quantitative estimate of drug-likeness (QED) is 0.259. The molecule has 1 N–H and O–H groups in total. The molecule has 0 fully saturated rings. The molecule has 0 saturated heterocycles. The van der Waals surface area contributed by atoms with Gasteiger partial charge in [-0.1, -0.05) is 24.3 Å². The standard InChI is InChI=1S/C28H25NO5/c1-17(11-28(31)29-21-9-5-7-19(12-21)18(2)30)23-14-24-25(16-34-27(24)15-26(23)33-4)20-8-6-10-22(13-20)32-3/h5-16H,1-4H3,(H,29,31)/b17-11+. The fourth-order valence-corrected chi connectivity index (χ4v) is 3.81. The van der Waals surface area contributed by atoms with Crippen LogP contribution in [-0.2, 0) is 4.79 Å². The van der Waals surface area contributed by atoms with Crippen LogP contribution in [0.15, 0.2) is 77.4 Å². The molecule has 0 bridgehead atoms. The average Bonchev–Trinajstić information content (AvgIpc) is 3.26. The topological polar surface area (TPSA) is 77.8 Å². The Morgan fingerprint density at radius 2 is 1.74 bits per heavy atom. The number of rotatable bonds is 7. The summed E-state index contributed by atoms with van der Waals surface area (Å²) in [6, 6.07) is 18.4. The van der Waals surface area contributed by atoms with Crippen LogP contribution in [0.25, 0.3) is 27.7 Å². The van der Waals surface area contributed by atoms with Gasteiger partial charge in [0.15, 0.2) is 5.78 Å². The van der Waals surface area contributed by atoms with Gasteiger partial charge in [0, 0.05) is 39.9 Å². The molecule has 1 heterocycles. The maximum absolute atomic E-state index is 12.7. The Bertz CT molecular complexity index is 1410. The van der Waals surface area contributed by atoms with Crippen molar-refractivity contribution in [2.75, 3.05) is 19.5 Å². The van der Waals surface area contributed by atoms with E-state index < -0.39 is 0 Å². The summed E-state index contributed by atoms with van der Waals surface area (Å²) < 4.78 is 16.7. The number of ketones is 1. The number of nitrogens with one attached hydrogen (secondary N) is 1. The van der Waals surface area contributed by atoms with Crippen LogP contribution in [0.3, 0.4) is 0 Å². The number of methoxy groups -OCH3 is 2. The van der Waals surface area contributed by atoms with Crippen LogP contribution in [0.4, 0.5) is 5.69 Å². The number of Topliss-reactive ketones (excluding diaryl/α,β-unsaturated/α-hetero) is 1. The molecule has 4 rings (SSSR count). The first-order valence-corrected chi connectivity index (χ1v) is 10.7. The number of anilines is 1. The van der Waals surface area contributed by atoms with Gasteiger partial charge in [0.1, 0.15) is 17.1 Å². The first kappa shape index (κ1) is 22.9. The van der Waals surface area contributed by atoms with E-state index >= 15 is 0 Å². The van der Waals surface area contributed by atoms with E-state index in [1.165, 1.54) is 13.0 Å². The summed E-state index contributed by atoms with van der Waals surface area (Å²) in [7, 11) is 3.21. The molecular formula is C28H25NO5. The van der Waals surface area contributed by atoms with Crippen LogP contribution in [-0.4, -0.2) is 25.9 Å². The van der Waals surface area contributed by atoms with Crippen molar-refractivity contribution < 1.29 is 23.5 Å². The van der Waals surface area contributed by atoms with Gasteiger partial charge < -0.3 is 19.2 Å². The summed E-state index contributed by atoms with van der Waals surface area (Å²) in [4.78, 5) is 24.3. The van der Waals surface area contributed by atoms with E-state index in [9.17, 15) is 9.59 Å². The molecule has 0 atom stereocenters.